The van der Waals surface area contributed by atoms with Crippen molar-refractivity contribution < 1.29 is 9.53 Å². The predicted octanol–water partition coefficient (Wildman–Crippen LogP) is 1.89. The first-order valence-electron chi connectivity index (χ1n) is 7.43. The van der Waals surface area contributed by atoms with Crippen molar-refractivity contribution in [3.63, 3.8) is 0 Å². The molecule has 0 aliphatic carbocycles. The lowest BCUT2D eigenvalue weighted by Crippen LogP contribution is -2.51. The summed E-state index contributed by atoms with van der Waals surface area (Å²) in [5, 5.41) is 3.79. The summed E-state index contributed by atoms with van der Waals surface area (Å²) in [6.07, 6.45) is 2.89. The van der Waals surface area contributed by atoms with Crippen LogP contribution in [0.15, 0.2) is 30.3 Å². The molecule has 1 amide bonds. The summed E-state index contributed by atoms with van der Waals surface area (Å²) >= 11 is 1.92. The van der Waals surface area contributed by atoms with Gasteiger partial charge in [-0.15, -0.1) is 0 Å². The molecule has 0 spiro atoms. The summed E-state index contributed by atoms with van der Waals surface area (Å²) < 4.78 is 5.38. The van der Waals surface area contributed by atoms with Crippen molar-refractivity contribution in [1.82, 2.24) is 5.32 Å². The monoisotopic (exact) mass is 308 g/mol. The van der Waals surface area contributed by atoms with E-state index in [9.17, 15) is 4.79 Å². The Kier molecular flexibility index (Phi) is 6.08. The smallest absolute Gasteiger partial charge is 0.242 e. The number of rotatable bonds is 7. The molecule has 1 fully saturated rings. The van der Waals surface area contributed by atoms with Crippen LogP contribution in [-0.4, -0.2) is 37.2 Å². The van der Waals surface area contributed by atoms with E-state index in [4.69, 9.17) is 10.5 Å². The quantitative estimate of drug-likeness (QED) is 0.807. The van der Waals surface area contributed by atoms with Crippen LogP contribution in [0.3, 0.4) is 0 Å². The van der Waals surface area contributed by atoms with Gasteiger partial charge in [0.25, 0.3) is 0 Å². The van der Waals surface area contributed by atoms with Crippen molar-refractivity contribution in [1.29, 1.82) is 0 Å². The second-order valence-corrected chi connectivity index (χ2v) is 6.73. The number of thioether (sulfide) groups is 1. The molecule has 4 nitrogen and oxygen atoms in total. The number of likely N-dealkylation sites (N-methyl/N-ethyl adjacent to an activating group) is 1. The van der Waals surface area contributed by atoms with Crippen molar-refractivity contribution in [3.05, 3.63) is 35.9 Å². The third-order valence-corrected chi connectivity index (χ3v) is 5.50. The summed E-state index contributed by atoms with van der Waals surface area (Å²) in [5.41, 5.74) is 5.86. The minimum Gasteiger partial charge on any atom is -0.381 e. The van der Waals surface area contributed by atoms with E-state index >= 15 is 0 Å². The van der Waals surface area contributed by atoms with Crippen molar-refractivity contribution in [3.8, 4) is 0 Å². The normalized spacial score (nSPS) is 19.1. The molecule has 0 saturated carbocycles. The number of carbonyl (C=O) groups excluding carboxylic acids is 1. The average Bonchev–Trinajstić information content (AvgIpc) is 2.53. The van der Waals surface area contributed by atoms with Gasteiger partial charge in [-0.1, -0.05) is 30.3 Å². The Hall–Kier alpha value is -1.04. The molecule has 1 atom stereocenters. The Bertz CT molecular complexity index is 449. The minimum absolute atomic E-state index is 0.316. The third kappa shape index (κ3) is 3.99. The third-order valence-electron chi connectivity index (χ3n) is 4.11. The summed E-state index contributed by atoms with van der Waals surface area (Å²) in [7, 11) is 1.80. The topological polar surface area (TPSA) is 64.3 Å². The van der Waals surface area contributed by atoms with E-state index in [0.717, 1.165) is 37.4 Å². The summed E-state index contributed by atoms with van der Waals surface area (Å²) in [6, 6.07) is 9.74. The highest BCUT2D eigenvalue weighted by atomic mass is 32.2. The van der Waals surface area contributed by atoms with Gasteiger partial charge in [0.1, 0.15) is 5.54 Å². The largest absolute Gasteiger partial charge is 0.381 e. The van der Waals surface area contributed by atoms with Crippen molar-refractivity contribution in [2.75, 3.05) is 26.0 Å². The highest BCUT2D eigenvalue weighted by Gasteiger charge is 2.36. The number of primary amides is 1. The van der Waals surface area contributed by atoms with E-state index in [0.29, 0.717) is 11.7 Å². The number of nitrogens with two attached hydrogens (primary N) is 1. The zero-order valence-electron chi connectivity index (χ0n) is 12.5. The predicted molar refractivity (Wildman–Crippen MR) is 87.3 cm³/mol. The molecule has 1 unspecified atom stereocenters. The van der Waals surface area contributed by atoms with Crippen LogP contribution >= 0.6 is 11.8 Å². The first kappa shape index (κ1) is 16.3. The van der Waals surface area contributed by atoms with Gasteiger partial charge in [-0.3, -0.25) is 4.79 Å². The van der Waals surface area contributed by atoms with Crippen molar-refractivity contribution in [2.45, 2.75) is 30.1 Å². The number of hydrogen-bond donors (Lipinski definition) is 2. The Morgan fingerprint density at radius 2 is 2.05 bits per heavy atom. The van der Waals surface area contributed by atoms with E-state index in [1.807, 2.05) is 42.1 Å². The minimum atomic E-state index is -0.778. The van der Waals surface area contributed by atoms with Gasteiger partial charge in [0, 0.05) is 18.5 Å². The lowest BCUT2D eigenvalue weighted by molar-refractivity contribution is -0.124. The maximum Gasteiger partial charge on any atom is 0.242 e. The maximum absolute atomic E-state index is 12.1. The lowest BCUT2D eigenvalue weighted by atomic mass is 9.86. The molecule has 0 aromatic heterocycles. The molecule has 0 radical (unpaired) electrons. The van der Waals surface area contributed by atoms with E-state index in [1.54, 1.807) is 7.05 Å². The van der Waals surface area contributed by atoms with Crippen LogP contribution in [0.4, 0.5) is 0 Å². The van der Waals surface area contributed by atoms with E-state index in [2.05, 4.69) is 5.32 Å². The Morgan fingerprint density at radius 3 is 2.62 bits per heavy atom. The van der Waals surface area contributed by atoms with E-state index in [1.165, 1.54) is 0 Å². The standard InChI is InChI=1S/C16H24N2O2S/c1-18-16(15(17)19,13-5-3-2-4-6-13)9-12-21-14-7-10-20-11-8-14/h2-6,14,18H,7-12H2,1H3,(H2,17,19). The SMILES string of the molecule is CNC(CCSC1CCOCC1)(C(N)=O)c1ccccc1. The van der Waals surface area contributed by atoms with Crippen molar-refractivity contribution >= 4 is 17.7 Å². The molecule has 3 N–H and O–H groups in total. The molecule has 1 aliphatic heterocycles. The average molecular weight is 308 g/mol. The van der Waals surface area contributed by atoms with Crippen molar-refractivity contribution in [2.24, 2.45) is 5.73 Å². The summed E-state index contributed by atoms with van der Waals surface area (Å²) in [6.45, 7) is 1.70. The fourth-order valence-corrected chi connectivity index (χ4v) is 4.03. The number of ether oxygens (including phenoxy) is 1. The highest BCUT2D eigenvalue weighted by molar-refractivity contribution is 7.99. The van der Waals surface area contributed by atoms with Gasteiger partial charge in [-0.05, 0) is 37.6 Å². The van der Waals surface area contributed by atoms with Crippen LogP contribution in [-0.2, 0) is 15.1 Å². The Morgan fingerprint density at radius 1 is 1.38 bits per heavy atom. The zero-order valence-corrected chi connectivity index (χ0v) is 13.3. The molecule has 1 aromatic carbocycles. The zero-order chi connectivity index (χ0) is 15.1. The summed E-state index contributed by atoms with van der Waals surface area (Å²) in [5.74, 6) is 0.590. The number of nitrogens with one attached hydrogen (secondary N) is 1. The molecule has 1 saturated heterocycles. The Balaban J connectivity index is 2.01. The van der Waals surface area contributed by atoms with Crippen LogP contribution in [0.2, 0.25) is 0 Å². The molecule has 2 rings (SSSR count). The molecule has 1 aromatic rings. The van der Waals surface area contributed by atoms with Crippen LogP contribution in [0.25, 0.3) is 0 Å². The molecule has 21 heavy (non-hydrogen) atoms. The maximum atomic E-state index is 12.1. The molecular weight excluding hydrogens is 284 g/mol. The number of amides is 1. The van der Waals surface area contributed by atoms with Gasteiger partial charge >= 0.3 is 0 Å². The molecule has 1 aliphatic rings. The van der Waals surface area contributed by atoms with Crippen LogP contribution < -0.4 is 11.1 Å². The molecular formula is C16H24N2O2S. The van der Waals surface area contributed by atoms with Gasteiger partial charge in [-0.25, -0.2) is 0 Å². The number of carbonyl (C=O) groups is 1. The second-order valence-electron chi connectivity index (χ2n) is 5.32. The molecule has 1 heterocycles. The van der Waals surface area contributed by atoms with E-state index in [-0.39, 0.29) is 5.91 Å². The Labute approximate surface area is 130 Å². The van der Waals surface area contributed by atoms with Crippen LogP contribution in [0.1, 0.15) is 24.8 Å². The first-order chi connectivity index (χ1) is 10.2. The number of hydrogen-bond acceptors (Lipinski definition) is 4. The van der Waals surface area contributed by atoms with Gasteiger partial charge in [0.05, 0.1) is 0 Å². The lowest BCUT2D eigenvalue weighted by Gasteiger charge is -2.31. The van der Waals surface area contributed by atoms with Gasteiger partial charge < -0.3 is 15.8 Å². The van der Waals surface area contributed by atoms with E-state index < -0.39 is 5.54 Å². The highest BCUT2D eigenvalue weighted by Crippen LogP contribution is 2.29. The fourth-order valence-electron chi connectivity index (χ4n) is 2.75. The van der Waals surface area contributed by atoms with Crippen LogP contribution in [0.5, 0.6) is 0 Å². The van der Waals surface area contributed by atoms with Crippen LogP contribution in [0, 0.1) is 0 Å². The van der Waals surface area contributed by atoms with Gasteiger partial charge in [0.15, 0.2) is 0 Å². The first-order valence-corrected chi connectivity index (χ1v) is 8.47. The van der Waals surface area contributed by atoms with Gasteiger partial charge in [-0.2, -0.15) is 11.8 Å². The second kappa shape index (κ2) is 7.82. The summed E-state index contributed by atoms with van der Waals surface area (Å²) in [4.78, 5) is 12.1. The molecule has 116 valence electrons. The van der Waals surface area contributed by atoms with Gasteiger partial charge in [0.2, 0.25) is 5.91 Å². The molecule has 0 bridgehead atoms. The fraction of sp³-hybridized carbons (Fsp3) is 0.562. The number of benzene rings is 1. The molecule has 5 heteroatoms.